The van der Waals surface area contributed by atoms with Gasteiger partial charge in [0.05, 0.1) is 0 Å². The second-order valence-corrected chi connectivity index (χ2v) is 7.19. The van der Waals surface area contributed by atoms with Crippen LogP contribution in [0.4, 0.5) is 11.9 Å². The molecule has 25 heavy (non-hydrogen) atoms. The zero-order valence-corrected chi connectivity index (χ0v) is 15.7. The maximum atomic E-state index is 6.07. The summed E-state index contributed by atoms with van der Waals surface area (Å²) in [7, 11) is 0. The number of halogens is 1. The zero-order chi connectivity index (χ0) is 17.6. The van der Waals surface area contributed by atoms with Crippen LogP contribution < -0.4 is 10.6 Å². The summed E-state index contributed by atoms with van der Waals surface area (Å²) in [4.78, 5) is 12.8. The van der Waals surface area contributed by atoms with E-state index in [2.05, 4.69) is 57.6 Å². The van der Waals surface area contributed by atoms with E-state index in [-0.39, 0.29) is 5.28 Å². The van der Waals surface area contributed by atoms with Gasteiger partial charge in [-0.1, -0.05) is 37.5 Å². The Hall–Kier alpha value is -1.88. The van der Waals surface area contributed by atoms with Crippen molar-refractivity contribution in [3.05, 3.63) is 40.2 Å². The van der Waals surface area contributed by atoms with Crippen LogP contribution in [0.5, 0.6) is 0 Å². The van der Waals surface area contributed by atoms with Crippen molar-refractivity contribution in [2.24, 2.45) is 5.92 Å². The second-order valence-electron chi connectivity index (χ2n) is 6.85. The van der Waals surface area contributed by atoms with E-state index in [1.807, 2.05) is 0 Å². The molecule has 0 unspecified atom stereocenters. The number of nitrogens with zero attached hydrogens (tertiary/aromatic N) is 3. The van der Waals surface area contributed by atoms with Gasteiger partial charge < -0.3 is 10.6 Å². The third kappa shape index (κ3) is 5.05. The highest BCUT2D eigenvalue weighted by Crippen LogP contribution is 2.24. The van der Waals surface area contributed by atoms with E-state index in [1.165, 1.54) is 48.8 Å². The molecule has 6 heteroatoms. The normalized spacial score (nSPS) is 15.2. The first-order valence-electron chi connectivity index (χ1n) is 9.06. The minimum atomic E-state index is 0.213. The Morgan fingerprint density at radius 2 is 1.72 bits per heavy atom. The molecule has 0 bridgehead atoms. The highest BCUT2D eigenvalue weighted by molar-refractivity contribution is 6.28. The fourth-order valence-corrected chi connectivity index (χ4v) is 3.47. The molecule has 2 N–H and O–H groups in total. The lowest BCUT2D eigenvalue weighted by atomic mass is 9.89. The Bertz CT molecular complexity index is 713. The molecule has 0 saturated heterocycles. The summed E-state index contributed by atoms with van der Waals surface area (Å²) < 4.78 is 0. The van der Waals surface area contributed by atoms with Gasteiger partial charge in [-0.2, -0.15) is 15.0 Å². The summed E-state index contributed by atoms with van der Waals surface area (Å²) in [5.41, 5.74) is 3.79. The van der Waals surface area contributed by atoms with Crippen LogP contribution >= 0.6 is 11.6 Å². The first-order chi connectivity index (χ1) is 12.1. The van der Waals surface area contributed by atoms with E-state index >= 15 is 0 Å². The van der Waals surface area contributed by atoms with Gasteiger partial charge in [0.25, 0.3) is 0 Å². The fourth-order valence-electron chi connectivity index (χ4n) is 3.31. The molecule has 134 valence electrons. The largest absolute Gasteiger partial charge is 0.354 e. The van der Waals surface area contributed by atoms with Crippen LogP contribution in [-0.4, -0.2) is 21.5 Å². The van der Waals surface area contributed by atoms with Crippen molar-refractivity contribution in [2.75, 3.05) is 17.2 Å². The Kier molecular flexibility index (Phi) is 6.08. The van der Waals surface area contributed by atoms with E-state index in [1.54, 1.807) is 0 Å². The number of anilines is 2. The quantitative estimate of drug-likeness (QED) is 0.779. The van der Waals surface area contributed by atoms with Gasteiger partial charge in [0, 0.05) is 13.1 Å². The van der Waals surface area contributed by atoms with Gasteiger partial charge in [-0.15, -0.1) is 0 Å². The topological polar surface area (TPSA) is 62.7 Å². The summed E-state index contributed by atoms with van der Waals surface area (Å²) in [6.07, 6.45) is 6.58. The average molecular weight is 360 g/mol. The smallest absolute Gasteiger partial charge is 0.229 e. The van der Waals surface area contributed by atoms with Crippen molar-refractivity contribution < 1.29 is 0 Å². The molecule has 5 nitrogen and oxygen atoms in total. The molecule has 1 aromatic heterocycles. The number of aryl methyl sites for hydroxylation is 1. The standard InChI is InChI=1S/C19H26ClN5/c1-13-7-6-10-16(14(13)2)12-22-19-24-17(20)23-18(25-19)21-11-15-8-4-3-5-9-15/h6-7,10,15H,3-5,8-9,11-12H2,1-2H3,(H2,21,22,23,24,25). The van der Waals surface area contributed by atoms with Crippen molar-refractivity contribution in [3.63, 3.8) is 0 Å². The maximum Gasteiger partial charge on any atom is 0.229 e. The molecule has 1 fully saturated rings. The highest BCUT2D eigenvalue weighted by atomic mass is 35.5. The summed E-state index contributed by atoms with van der Waals surface area (Å²) in [5.74, 6) is 1.76. The second kappa shape index (κ2) is 8.48. The molecule has 0 aliphatic heterocycles. The van der Waals surface area contributed by atoms with Gasteiger partial charge in [-0.25, -0.2) is 0 Å². The van der Waals surface area contributed by atoms with Gasteiger partial charge in [-0.3, -0.25) is 0 Å². The molecule has 1 aliphatic rings. The summed E-state index contributed by atoms with van der Waals surface area (Å²) in [5, 5.41) is 6.80. The van der Waals surface area contributed by atoms with Gasteiger partial charge in [-0.05, 0) is 60.9 Å². The lowest BCUT2D eigenvalue weighted by Crippen LogP contribution is -2.19. The number of aromatic nitrogens is 3. The predicted octanol–water partition coefficient (Wildman–Crippen LogP) is 4.75. The third-order valence-electron chi connectivity index (χ3n) is 5.04. The van der Waals surface area contributed by atoms with E-state index in [0.717, 1.165) is 6.54 Å². The van der Waals surface area contributed by atoms with Crippen LogP contribution in [0.15, 0.2) is 18.2 Å². The van der Waals surface area contributed by atoms with Crippen LogP contribution in [0.1, 0.15) is 48.8 Å². The average Bonchev–Trinajstić information content (AvgIpc) is 2.62. The predicted molar refractivity (Wildman–Crippen MR) is 103 cm³/mol. The zero-order valence-electron chi connectivity index (χ0n) is 15.0. The molecule has 1 saturated carbocycles. The minimum Gasteiger partial charge on any atom is -0.354 e. The number of hydrogen-bond acceptors (Lipinski definition) is 5. The number of benzene rings is 1. The van der Waals surface area contributed by atoms with E-state index in [9.17, 15) is 0 Å². The number of nitrogens with one attached hydrogen (secondary N) is 2. The fraction of sp³-hybridized carbons (Fsp3) is 0.526. The van der Waals surface area contributed by atoms with Crippen LogP contribution in [0.2, 0.25) is 5.28 Å². The lowest BCUT2D eigenvalue weighted by Gasteiger charge is -2.21. The third-order valence-corrected chi connectivity index (χ3v) is 5.20. The van der Waals surface area contributed by atoms with Crippen LogP contribution in [0.25, 0.3) is 0 Å². The van der Waals surface area contributed by atoms with Crippen molar-refractivity contribution in [1.29, 1.82) is 0 Å². The minimum absolute atomic E-state index is 0.213. The summed E-state index contributed by atoms with van der Waals surface area (Å²) in [6, 6.07) is 6.29. The molecule has 1 aromatic carbocycles. The molecular formula is C19H26ClN5. The number of rotatable bonds is 6. The summed E-state index contributed by atoms with van der Waals surface area (Å²) >= 11 is 6.07. The maximum absolute atomic E-state index is 6.07. The van der Waals surface area contributed by atoms with Gasteiger partial charge >= 0.3 is 0 Å². The van der Waals surface area contributed by atoms with Crippen molar-refractivity contribution in [1.82, 2.24) is 15.0 Å². The lowest BCUT2D eigenvalue weighted by molar-refractivity contribution is 0.373. The van der Waals surface area contributed by atoms with Gasteiger partial charge in [0.15, 0.2) is 0 Å². The monoisotopic (exact) mass is 359 g/mol. The molecular weight excluding hydrogens is 334 g/mol. The molecule has 0 atom stereocenters. The molecule has 1 aliphatic carbocycles. The SMILES string of the molecule is Cc1cccc(CNc2nc(Cl)nc(NCC3CCCCC3)n2)c1C. The molecule has 0 spiro atoms. The van der Waals surface area contributed by atoms with Crippen molar-refractivity contribution >= 4 is 23.5 Å². The van der Waals surface area contributed by atoms with Crippen LogP contribution in [0, 0.1) is 19.8 Å². The van der Waals surface area contributed by atoms with Crippen LogP contribution in [0.3, 0.4) is 0 Å². The Balaban J connectivity index is 1.61. The highest BCUT2D eigenvalue weighted by Gasteiger charge is 2.14. The van der Waals surface area contributed by atoms with E-state index in [4.69, 9.17) is 11.6 Å². The molecule has 0 radical (unpaired) electrons. The first-order valence-corrected chi connectivity index (χ1v) is 9.44. The molecule has 1 heterocycles. The Morgan fingerprint density at radius 1 is 1.00 bits per heavy atom. The molecule has 3 rings (SSSR count). The van der Waals surface area contributed by atoms with Crippen molar-refractivity contribution in [2.45, 2.75) is 52.5 Å². The van der Waals surface area contributed by atoms with Gasteiger partial charge in [0.1, 0.15) is 0 Å². The first kappa shape index (κ1) is 17.9. The Labute approximate surface area is 154 Å². The van der Waals surface area contributed by atoms with E-state index < -0.39 is 0 Å². The number of hydrogen-bond donors (Lipinski definition) is 2. The molecule has 2 aromatic rings. The van der Waals surface area contributed by atoms with Crippen LogP contribution in [-0.2, 0) is 6.54 Å². The van der Waals surface area contributed by atoms with Crippen molar-refractivity contribution in [3.8, 4) is 0 Å². The molecule has 0 amide bonds. The Morgan fingerprint density at radius 3 is 2.48 bits per heavy atom. The van der Waals surface area contributed by atoms with E-state index in [0.29, 0.717) is 24.4 Å². The van der Waals surface area contributed by atoms with Gasteiger partial charge in [0.2, 0.25) is 17.2 Å². The summed E-state index contributed by atoms with van der Waals surface area (Å²) in [6.45, 7) is 5.81.